The molecule has 0 aliphatic carbocycles. The zero-order valence-electron chi connectivity index (χ0n) is 23.7. The molecule has 10 heteroatoms. The van der Waals surface area contributed by atoms with E-state index in [4.69, 9.17) is 4.74 Å². The van der Waals surface area contributed by atoms with Gasteiger partial charge in [-0.3, -0.25) is 14.8 Å². The van der Waals surface area contributed by atoms with Crippen LogP contribution in [0.3, 0.4) is 0 Å². The number of carbonyl (C=O) groups excluding carboxylic acids is 2. The van der Waals surface area contributed by atoms with E-state index in [1.54, 1.807) is 29.1 Å². The Bertz CT molecular complexity index is 1130. The number of piperazine rings is 1. The molecule has 0 radical (unpaired) electrons. The van der Waals surface area contributed by atoms with Crippen molar-refractivity contribution >= 4 is 23.5 Å². The van der Waals surface area contributed by atoms with E-state index in [9.17, 15) is 14.0 Å². The molecular formula is C29H41FN6O3. The molecule has 9 nitrogen and oxygen atoms in total. The standard InChI is InChI=1S/C29H41FN6O3/c1-21-19-34(15-16-36(21)28(38)39-29(2,3)4)20-25-9-10-26(18-31-25)33(5)27(37)35-13-11-23(12-14-35)32-24-8-6-7-22(30)17-24/h6-10,17-18,21,23,32H,11-16,19-20H2,1-5H3/t21-/m0/s1. The molecule has 1 aromatic heterocycles. The number of benzene rings is 1. The maximum absolute atomic E-state index is 13.5. The van der Waals surface area contributed by atoms with Crippen LogP contribution in [0.15, 0.2) is 42.6 Å². The molecule has 4 rings (SSSR count). The van der Waals surface area contributed by atoms with Crippen molar-refractivity contribution in [3.8, 4) is 0 Å². The first-order chi connectivity index (χ1) is 18.5. The Hall–Kier alpha value is -3.40. The van der Waals surface area contributed by atoms with E-state index in [0.29, 0.717) is 26.2 Å². The average Bonchev–Trinajstić information content (AvgIpc) is 2.88. The molecular weight excluding hydrogens is 499 g/mol. The number of halogens is 1. The number of anilines is 2. The van der Waals surface area contributed by atoms with E-state index in [1.807, 2.05) is 50.8 Å². The second kappa shape index (κ2) is 12.2. The van der Waals surface area contributed by atoms with Crippen molar-refractivity contribution in [1.29, 1.82) is 0 Å². The van der Waals surface area contributed by atoms with Crippen LogP contribution in [0.1, 0.15) is 46.2 Å². The lowest BCUT2D eigenvalue weighted by molar-refractivity contribution is 0.000430. The molecule has 0 spiro atoms. The molecule has 2 aliphatic rings. The Morgan fingerprint density at radius 3 is 2.49 bits per heavy atom. The molecule has 1 atom stereocenters. The highest BCUT2D eigenvalue weighted by atomic mass is 19.1. The van der Waals surface area contributed by atoms with Crippen LogP contribution in [-0.4, -0.2) is 89.3 Å². The van der Waals surface area contributed by atoms with Crippen molar-refractivity contribution in [2.75, 3.05) is 50.0 Å². The highest BCUT2D eigenvalue weighted by molar-refractivity contribution is 5.91. The summed E-state index contributed by atoms with van der Waals surface area (Å²) in [5.41, 5.74) is 1.92. The molecule has 3 amide bonds. The fraction of sp³-hybridized carbons (Fsp3) is 0.552. The zero-order valence-corrected chi connectivity index (χ0v) is 23.7. The Labute approximate surface area is 230 Å². The maximum Gasteiger partial charge on any atom is 0.410 e. The third-order valence-corrected chi connectivity index (χ3v) is 7.17. The fourth-order valence-corrected chi connectivity index (χ4v) is 5.06. The monoisotopic (exact) mass is 540 g/mol. The number of urea groups is 1. The number of likely N-dealkylation sites (tertiary alicyclic amines) is 1. The number of pyridine rings is 1. The third-order valence-electron chi connectivity index (χ3n) is 7.17. The summed E-state index contributed by atoms with van der Waals surface area (Å²) < 4.78 is 19.0. The molecule has 0 bridgehead atoms. The molecule has 2 aromatic rings. The second-order valence-corrected chi connectivity index (χ2v) is 11.5. The Morgan fingerprint density at radius 2 is 1.87 bits per heavy atom. The number of ether oxygens (including phenoxy) is 1. The van der Waals surface area contributed by atoms with Gasteiger partial charge in [0.2, 0.25) is 0 Å². The van der Waals surface area contributed by atoms with Crippen molar-refractivity contribution < 1.29 is 18.7 Å². The van der Waals surface area contributed by atoms with E-state index in [0.717, 1.165) is 43.0 Å². The number of carbonyl (C=O) groups is 2. The number of aromatic nitrogens is 1. The number of piperidine rings is 1. The molecule has 2 saturated heterocycles. The smallest absolute Gasteiger partial charge is 0.410 e. The van der Waals surface area contributed by atoms with E-state index in [1.165, 1.54) is 12.1 Å². The minimum atomic E-state index is -0.508. The van der Waals surface area contributed by atoms with Gasteiger partial charge >= 0.3 is 12.1 Å². The average molecular weight is 541 g/mol. The van der Waals surface area contributed by atoms with Crippen LogP contribution in [0, 0.1) is 5.82 Å². The molecule has 3 heterocycles. The SMILES string of the molecule is C[C@H]1CN(Cc2ccc(N(C)C(=O)N3CCC(Nc4cccc(F)c4)CC3)cn2)CCN1C(=O)OC(C)(C)C. The topological polar surface area (TPSA) is 81.3 Å². The lowest BCUT2D eigenvalue weighted by Crippen LogP contribution is -2.54. The molecule has 1 aromatic carbocycles. The van der Waals surface area contributed by atoms with E-state index < -0.39 is 5.60 Å². The lowest BCUT2D eigenvalue weighted by Gasteiger charge is -2.40. The quantitative estimate of drug-likeness (QED) is 0.587. The number of nitrogens with zero attached hydrogens (tertiary/aromatic N) is 5. The van der Waals surface area contributed by atoms with Crippen LogP contribution in [-0.2, 0) is 11.3 Å². The van der Waals surface area contributed by atoms with Gasteiger partial charge in [-0.15, -0.1) is 0 Å². The van der Waals surface area contributed by atoms with Crippen molar-refractivity contribution in [2.24, 2.45) is 0 Å². The molecule has 0 saturated carbocycles. The van der Waals surface area contributed by atoms with Gasteiger partial charge in [0.15, 0.2) is 0 Å². The minimum Gasteiger partial charge on any atom is -0.444 e. The Morgan fingerprint density at radius 1 is 1.13 bits per heavy atom. The Kier molecular flexibility index (Phi) is 8.94. The van der Waals surface area contributed by atoms with Crippen molar-refractivity contribution in [3.63, 3.8) is 0 Å². The predicted molar refractivity (Wildman–Crippen MR) is 150 cm³/mol. The lowest BCUT2D eigenvalue weighted by atomic mass is 10.0. The van der Waals surface area contributed by atoms with Gasteiger partial charge in [0, 0.05) is 64.1 Å². The van der Waals surface area contributed by atoms with Crippen molar-refractivity contribution in [1.82, 2.24) is 19.7 Å². The number of hydrogen-bond acceptors (Lipinski definition) is 6. The predicted octanol–water partition coefficient (Wildman–Crippen LogP) is 4.79. The van der Waals surface area contributed by atoms with Crippen LogP contribution in [0.2, 0.25) is 0 Å². The summed E-state index contributed by atoms with van der Waals surface area (Å²) in [6.45, 7) is 11.7. The third kappa shape index (κ3) is 7.81. The highest BCUT2D eigenvalue weighted by Crippen LogP contribution is 2.21. The second-order valence-electron chi connectivity index (χ2n) is 11.5. The first kappa shape index (κ1) is 28.6. The Balaban J connectivity index is 1.24. The van der Waals surface area contributed by atoms with Crippen LogP contribution < -0.4 is 10.2 Å². The molecule has 2 fully saturated rings. The maximum atomic E-state index is 13.5. The van der Waals surface area contributed by atoms with E-state index in [-0.39, 0.29) is 30.0 Å². The van der Waals surface area contributed by atoms with Gasteiger partial charge in [0.1, 0.15) is 11.4 Å². The minimum absolute atomic E-state index is 0.0461. The summed E-state index contributed by atoms with van der Waals surface area (Å²) in [7, 11) is 1.77. The molecule has 39 heavy (non-hydrogen) atoms. The van der Waals surface area contributed by atoms with Crippen LogP contribution in [0.5, 0.6) is 0 Å². The first-order valence-corrected chi connectivity index (χ1v) is 13.7. The zero-order chi connectivity index (χ0) is 28.2. The molecule has 2 aliphatic heterocycles. The van der Waals surface area contributed by atoms with Gasteiger partial charge in [-0.05, 0) is 70.9 Å². The fourth-order valence-electron chi connectivity index (χ4n) is 5.06. The van der Waals surface area contributed by atoms with Gasteiger partial charge in [0.25, 0.3) is 0 Å². The summed E-state index contributed by atoms with van der Waals surface area (Å²) in [5, 5.41) is 3.37. The van der Waals surface area contributed by atoms with Gasteiger partial charge < -0.3 is 19.9 Å². The number of amides is 3. The van der Waals surface area contributed by atoms with Crippen LogP contribution >= 0.6 is 0 Å². The molecule has 0 unspecified atom stereocenters. The largest absolute Gasteiger partial charge is 0.444 e. The van der Waals surface area contributed by atoms with Crippen molar-refractivity contribution in [2.45, 2.75) is 64.8 Å². The van der Waals surface area contributed by atoms with Gasteiger partial charge in [-0.25, -0.2) is 14.0 Å². The normalized spacial score (nSPS) is 19.1. The first-order valence-electron chi connectivity index (χ1n) is 13.7. The van der Waals surface area contributed by atoms with Gasteiger partial charge in [-0.2, -0.15) is 0 Å². The molecule has 212 valence electrons. The highest BCUT2D eigenvalue weighted by Gasteiger charge is 2.31. The summed E-state index contributed by atoms with van der Waals surface area (Å²) in [6, 6.07) is 10.6. The van der Waals surface area contributed by atoms with E-state index >= 15 is 0 Å². The summed E-state index contributed by atoms with van der Waals surface area (Å²) in [4.78, 5) is 37.8. The number of hydrogen-bond donors (Lipinski definition) is 1. The van der Waals surface area contributed by atoms with Gasteiger partial charge in [-0.1, -0.05) is 6.07 Å². The van der Waals surface area contributed by atoms with E-state index in [2.05, 4.69) is 15.2 Å². The van der Waals surface area contributed by atoms with Crippen molar-refractivity contribution in [3.05, 3.63) is 54.1 Å². The van der Waals surface area contributed by atoms with Crippen LogP contribution in [0.4, 0.5) is 25.4 Å². The number of nitrogens with one attached hydrogen (secondary N) is 1. The number of rotatable bonds is 5. The summed E-state index contributed by atoms with van der Waals surface area (Å²) in [5.74, 6) is -0.260. The molecule has 1 N–H and O–H groups in total. The van der Waals surface area contributed by atoms with Gasteiger partial charge in [0.05, 0.1) is 17.6 Å². The van der Waals surface area contributed by atoms with Crippen LogP contribution in [0.25, 0.3) is 0 Å². The summed E-state index contributed by atoms with van der Waals surface area (Å²) >= 11 is 0. The summed E-state index contributed by atoms with van der Waals surface area (Å²) in [6.07, 6.45) is 3.07.